The van der Waals surface area contributed by atoms with Crippen molar-refractivity contribution >= 4 is 35.1 Å². The second-order valence-corrected chi connectivity index (χ2v) is 20.8. The number of aromatic hydroxyl groups is 1. The Hall–Kier alpha value is -5.32. The van der Waals surface area contributed by atoms with Gasteiger partial charge in [0.15, 0.2) is 0 Å². The van der Waals surface area contributed by atoms with Crippen LogP contribution < -0.4 is 15.4 Å². The molecule has 0 aromatic heterocycles. The molecule has 1 aromatic rings. The molecule has 1 aliphatic carbocycles. The number of phenolic OH excluding ortho intramolecular Hbond substituents is 1. The molecule has 0 saturated carbocycles. The number of nitrogens with zero attached hydrogens (tertiary/aromatic N) is 3. The first-order chi connectivity index (χ1) is 32.5. The average molecular weight is 958 g/mol. The van der Waals surface area contributed by atoms with E-state index in [9.17, 15) is 34.2 Å². The number of carbonyl (C=O) groups is 5. The Labute approximate surface area is 407 Å². The highest BCUT2D eigenvalue weighted by atomic mass is 16.7. The maximum Gasteiger partial charge on any atom is 0.317 e. The summed E-state index contributed by atoms with van der Waals surface area (Å²) in [5.74, 6) is -6.78. The molecule has 5 bridgehead atoms. The quantitative estimate of drug-likeness (QED) is 0.112. The van der Waals surface area contributed by atoms with Crippen LogP contribution in [0.15, 0.2) is 52.5 Å². The summed E-state index contributed by atoms with van der Waals surface area (Å²) in [7, 11) is 3.83. The molecule has 16 heteroatoms. The number of phenols is 1. The van der Waals surface area contributed by atoms with Crippen LogP contribution >= 0.6 is 0 Å². The molecule has 4 N–H and O–H groups in total. The molecule has 1 saturated heterocycles. The van der Waals surface area contributed by atoms with Crippen LogP contribution in [0.3, 0.4) is 0 Å². The van der Waals surface area contributed by atoms with E-state index in [0.717, 1.165) is 19.6 Å². The third-order valence-corrected chi connectivity index (χ3v) is 14.4. The third-order valence-electron chi connectivity index (χ3n) is 14.4. The SMILES string of the molecule is CC[C@H]1/C=C/O[C@@]2(C)Oc3c(C)c(O)c4c(c3C2=O)C2=NC3(CCN(CC(C)C)CC3)NC2=C(NC(=O)/C(C)=C\C=C\[C@H](C)C[C@@H](C)[C@@H](O)[C@@H](C)[C@H](OC(=O)CC(=O)OCCCN(C)C)[C@@H]1C)C4=O. The Bertz CT molecular complexity index is 2320. The Morgan fingerprint density at radius 2 is 1.70 bits per heavy atom. The Morgan fingerprint density at radius 3 is 2.35 bits per heavy atom. The lowest BCUT2D eigenvalue weighted by Crippen LogP contribution is -2.50. The van der Waals surface area contributed by atoms with E-state index in [-0.39, 0.29) is 69.5 Å². The van der Waals surface area contributed by atoms with Gasteiger partial charge in [0, 0.05) is 68.6 Å². The second-order valence-electron chi connectivity index (χ2n) is 20.8. The van der Waals surface area contributed by atoms with E-state index in [2.05, 4.69) is 29.4 Å². The number of benzene rings is 1. The van der Waals surface area contributed by atoms with Gasteiger partial charge in [-0.1, -0.05) is 66.7 Å². The predicted octanol–water partition coefficient (Wildman–Crippen LogP) is 6.52. The topological polar surface area (TPSA) is 206 Å². The van der Waals surface area contributed by atoms with Gasteiger partial charge in [-0.05, 0) is 82.9 Å². The fourth-order valence-electron chi connectivity index (χ4n) is 10.4. The van der Waals surface area contributed by atoms with E-state index in [1.165, 1.54) is 13.2 Å². The first-order valence-corrected chi connectivity index (χ1v) is 24.7. The second kappa shape index (κ2) is 21.8. The zero-order valence-corrected chi connectivity index (χ0v) is 42.7. The van der Waals surface area contributed by atoms with Crippen LogP contribution in [0.4, 0.5) is 0 Å². The fraction of sp³-hybridized carbons (Fsp3) is 0.623. The highest BCUT2D eigenvalue weighted by Crippen LogP contribution is 2.50. The van der Waals surface area contributed by atoms with Crippen molar-refractivity contribution in [2.24, 2.45) is 40.5 Å². The van der Waals surface area contributed by atoms with E-state index in [1.807, 2.05) is 59.7 Å². The molecule has 1 amide bonds. The predicted molar refractivity (Wildman–Crippen MR) is 261 cm³/mol. The highest BCUT2D eigenvalue weighted by Gasteiger charge is 2.54. The number of nitrogens with one attached hydrogen (secondary N) is 2. The van der Waals surface area contributed by atoms with Gasteiger partial charge in [0.2, 0.25) is 5.78 Å². The molecule has 1 fully saturated rings. The van der Waals surface area contributed by atoms with Gasteiger partial charge in [-0.25, -0.2) is 0 Å². The molecule has 4 aliphatic heterocycles. The molecule has 16 nitrogen and oxygen atoms in total. The Balaban J connectivity index is 1.40. The molecule has 8 atom stereocenters. The molecule has 6 rings (SSSR count). The normalized spacial score (nSPS) is 30.2. The van der Waals surface area contributed by atoms with Crippen molar-refractivity contribution in [2.45, 2.75) is 131 Å². The molecule has 4 heterocycles. The van der Waals surface area contributed by atoms with Crippen molar-refractivity contribution in [3.05, 3.63) is 69.8 Å². The lowest BCUT2D eigenvalue weighted by Gasteiger charge is -2.38. The summed E-state index contributed by atoms with van der Waals surface area (Å²) < 4.78 is 24.0. The van der Waals surface area contributed by atoms with Crippen LogP contribution in [0.5, 0.6) is 11.5 Å². The van der Waals surface area contributed by atoms with Gasteiger partial charge in [0.1, 0.15) is 35.4 Å². The summed E-state index contributed by atoms with van der Waals surface area (Å²) in [6.07, 6.45) is 9.00. The van der Waals surface area contributed by atoms with Gasteiger partial charge in [-0.15, -0.1) is 0 Å². The van der Waals surface area contributed by atoms with Crippen molar-refractivity contribution in [1.29, 1.82) is 0 Å². The largest absolute Gasteiger partial charge is 0.507 e. The molecule has 378 valence electrons. The minimum absolute atomic E-state index is 0.0348. The molecular formula is C53H75N5O11. The van der Waals surface area contributed by atoms with Gasteiger partial charge in [-0.3, -0.25) is 29.0 Å². The first kappa shape index (κ1) is 53.0. The van der Waals surface area contributed by atoms with Crippen molar-refractivity contribution in [2.75, 3.05) is 46.9 Å². The number of aliphatic hydroxyl groups excluding tert-OH is 1. The van der Waals surface area contributed by atoms with Crippen molar-refractivity contribution in [3.8, 4) is 11.5 Å². The van der Waals surface area contributed by atoms with E-state index < -0.39 is 77.1 Å². The molecule has 0 unspecified atom stereocenters. The zero-order valence-electron chi connectivity index (χ0n) is 42.7. The molecule has 1 spiro atoms. The number of aliphatic hydroxyl groups is 1. The lowest BCUT2D eigenvalue weighted by atomic mass is 9.76. The van der Waals surface area contributed by atoms with Crippen LogP contribution in [0.1, 0.15) is 133 Å². The molecule has 0 radical (unpaired) electrons. The van der Waals surface area contributed by atoms with E-state index in [1.54, 1.807) is 32.1 Å². The van der Waals surface area contributed by atoms with E-state index in [0.29, 0.717) is 50.1 Å². The van der Waals surface area contributed by atoms with E-state index in [4.69, 9.17) is 23.9 Å². The number of allylic oxidation sites excluding steroid dienone is 6. The summed E-state index contributed by atoms with van der Waals surface area (Å²) in [4.78, 5) is 79.5. The number of hydrogen-bond acceptors (Lipinski definition) is 15. The molecule has 5 aliphatic rings. The number of fused-ring (bicyclic) bond motifs is 3. The number of aliphatic imine (C=N–C) groups is 1. The number of amides is 1. The monoisotopic (exact) mass is 958 g/mol. The summed E-state index contributed by atoms with van der Waals surface area (Å²) in [6.45, 7) is 21.9. The number of ether oxygens (including phenoxy) is 4. The number of carbonyl (C=O) groups excluding carboxylic acids is 5. The number of esters is 2. The highest BCUT2D eigenvalue weighted by molar-refractivity contribution is 6.34. The van der Waals surface area contributed by atoms with Crippen LogP contribution in [0.2, 0.25) is 0 Å². The summed E-state index contributed by atoms with van der Waals surface area (Å²) in [6, 6.07) is 0. The third kappa shape index (κ3) is 11.5. The number of hydrogen-bond donors (Lipinski definition) is 4. The van der Waals surface area contributed by atoms with Crippen LogP contribution in [-0.4, -0.2) is 126 Å². The molecular weight excluding hydrogens is 883 g/mol. The van der Waals surface area contributed by atoms with Crippen LogP contribution in [0, 0.1) is 42.4 Å². The summed E-state index contributed by atoms with van der Waals surface area (Å²) in [5.41, 5.74) is 0.0453. The van der Waals surface area contributed by atoms with Gasteiger partial charge in [0.05, 0.1) is 41.5 Å². The number of rotatable bonds is 10. The van der Waals surface area contributed by atoms with Crippen molar-refractivity contribution < 1.29 is 53.1 Å². The van der Waals surface area contributed by atoms with Gasteiger partial charge < -0.3 is 49.6 Å². The average Bonchev–Trinajstić information content (AvgIpc) is 3.79. The number of ketones is 2. The first-order valence-electron chi connectivity index (χ1n) is 24.7. The Morgan fingerprint density at radius 1 is 1.00 bits per heavy atom. The van der Waals surface area contributed by atoms with Crippen LogP contribution in [-0.2, 0) is 28.6 Å². The minimum Gasteiger partial charge on any atom is -0.507 e. The van der Waals surface area contributed by atoms with Crippen molar-refractivity contribution in [1.82, 2.24) is 20.4 Å². The molecule has 1 aromatic carbocycles. The van der Waals surface area contributed by atoms with Gasteiger partial charge >= 0.3 is 17.7 Å². The number of likely N-dealkylation sites (tertiary alicyclic amines) is 1. The summed E-state index contributed by atoms with van der Waals surface area (Å²) in [5, 5.41) is 30.2. The van der Waals surface area contributed by atoms with Gasteiger partial charge in [0.25, 0.3) is 11.7 Å². The summed E-state index contributed by atoms with van der Waals surface area (Å²) >= 11 is 0. The Kier molecular flexibility index (Phi) is 16.7. The maximum atomic E-state index is 14.9. The standard InChI is InChI=1S/C53H75N5O11/c1-13-36-18-25-67-52(10)50(64)41-39-40(46(62)35(9)49(41)69-52)47(63)44(43-42(39)55-53(56-43)19-22-58(23-20-53)28-29(2)3)54-51(65)31(5)17-14-16-30(4)26-32(6)45(61)34(8)48(33(36)7)68-38(60)27-37(59)66-24-15-21-57(11)12/h14,16-18,25,29-30,32-34,36,45,48,56,61-62H,13,15,19-24,26-28H2,1-12H3,(H,54,65)/b16-14+,25-18+,31-17-/t30-,32+,33+,34+,36-,45+,48+,52-/m0/s1. The zero-order chi connectivity index (χ0) is 50.7. The fourth-order valence-corrected chi connectivity index (χ4v) is 10.4. The van der Waals surface area contributed by atoms with Gasteiger partial charge in [-0.2, -0.15) is 0 Å². The lowest BCUT2D eigenvalue weighted by molar-refractivity contribution is -0.165. The molecule has 69 heavy (non-hydrogen) atoms. The smallest absolute Gasteiger partial charge is 0.317 e. The van der Waals surface area contributed by atoms with Crippen LogP contribution in [0.25, 0.3) is 0 Å². The van der Waals surface area contributed by atoms with E-state index >= 15 is 0 Å². The maximum absolute atomic E-state index is 14.9. The minimum atomic E-state index is -1.95. The number of Topliss-reactive ketones (excluding diaryl/α,β-unsaturated/α-hetero) is 2. The number of piperidine rings is 1. The van der Waals surface area contributed by atoms with Crippen molar-refractivity contribution in [3.63, 3.8) is 0 Å².